The zero-order valence-corrected chi connectivity index (χ0v) is 17.4. The first-order chi connectivity index (χ1) is 13.2. The highest BCUT2D eigenvalue weighted by atomic mass is 15.3. The van der Waals surface area contributed by atoms with Crippen molar-refractivity contribution in [2.45, 2.75) is 78.4 Å². The second-order valence-electron chi connectivity index (χ2n) is 8.13. The van der Waals surface area contributed by atoms with Crippen molar-refractivity contribution < 1.29 is 0 Å². The van der Waals surface area contributed by atoms with Gasteiger partial charge in [0.2, 0.25) is 0 Å². The molecule has 27 heavy (non-hydrogen) atoms. The number of hydrogen-bond acceptors (Lipinski definition) is 4. The Morgan fingerprint density at radius 1 is 1.04 bits per heavy atom. The molecule has 152 valence electrons. The van der Waals surface area contributed by atoms with Gasteiger partial charge in [0.05, 0.1) is 0 Å². The van der Waals surface area contributed by atoms with E-state index in [1.165, 1.54) is 45.2 Å². The summed E-state index contributed by atoms with van der Waals surface area (Å²) < 4.78 is 2.22. The summed E-state index contributed by atoms with van der Waals surface area (Å²) >= 11 is 0. The lowest BCUT2D eigenvalue weighted by molar-refractivity contribution is 0.161. The summed E-state index contributed by atoms with van der Waals surface area (Å²) in [4.78, 5) is 7.46. The molecule has 1 aromatic heterocycles. The van der Waals surface area contributed by atoms with Gasteiger partial charge < -0.3 is 15.2 Å². The smallest absolute Gasteiger partial charge is 0.191 e. The summed E-state index contributed by atoms with van der Waals surface area (Å²) in [6.45, 7) is 12.6. The number of aromatic nitrogens is 3. The first-order valence-electron chi connectivity index (χ1n) is 10.9. The molecular weight excluding hydrogens is 338 g/mol. The van der Waals surface area contributed by atoms with Gasteiger partial charge in [-0.25, -0.2) is 4.99 Å². The monoisotopic (exact) mass is 375 g/mol. The van der Waals surface area contributed by atoms with Gasteiger partial charge in [-0.05, 0) is 45.2 Å². The number of rotatable bonds is 7. The number of guanidine groups is 1. The topological polar surface area (TPSA) is 70.4 Å². The van der Waals surface area contributed by atoms with Crippen molar-refractivity contribution in [3.05, 3.63) is 11.6 Å². The summed E-state index contributed by atoms with van der Waals surface area (Å²) in [5, 5.41) is 15.6. The van der Waals surface area contributed by atoms with Crippen molar-refractivity contribution in [1.82, 2.24) is 30.3 Å². The van der Waals surface area contributed by atoms with Gasteiger partial charge in [-0.2, -0.15) is 0 Å². The molecule has 1 aromatic rings. The minimum absolute atomic E-state index is 0.546. The van der Waals surface area contributed by atoms with Crippen LogP contribution >= 0.6 is 0 Å². The number of nitrogens with one attached hydrogen (secondary N) is 2. The summed E-state index contributed by atoms with van der Waals surface area (Å²) in [5.74, 6) is 3.60. The highest BCUT2D eigenvalue weighted by molar-refractivity contribution is 5.79. The summed E-state index contributed by atoms with van der Waals surface area (Å²) in [6, 6.07) is 0.546. The van der Waals surface area contributed by atoms with Gasteiger partial charge in [-0.15, -0.1) is 10.2 Å². The first-order valence-corrected chi connectivity index (χ1v) is 10.9. The average molecular weight is 376 g/mol. The van der Waals surface area contributed by atoms with E-state index in [2.05, 4.69) is 51.1 Å². The van der Waals surface area contributed by atoms with Crippen molar-refractivity contribution in [3.63, 3.8) is 0 Å². The van der Waals surface area contributed by atoms with Crippen LogP contribution in [0, 0.1) is 5.92 Å². The van der Waals surface area contributed by atoms with Crippen LogP contribution in [-0.4, -0.2) is 57.8 Å². The van der Waals surface area contributed by atoms with Gasteiger partial charge in [-0.1, -0.05) is 26.7 Å². The Hall–Kier alpha value is -1.63. The number of aryl methyl sites for hydroxylation is 1. The molecule has 0 amide bonds. The van der Waals surface area contributed by atoms with Gasteiger partial charge in [0.25, 0.3) is 0 Å². The van der Waals surface area contributed by atoms with Gasteiger partial charge in [0.15, 0.2) is 11.8 Å². The number of nitrogens with zero attached hydrogens (tertiary/aromatic N) is 5. The molecule has 0 saturated carbocycles. The van der Waals surface area contributed by atoms with E-state index in [-0.39, 0.29) is 0 Å². The number of aliphatic imine (C=N–C) groups is 1. The minimum Gasteiger partial charge on any atom is -0.357 e. The summed E-state index contributed by atoms with van der Waals surface area (Å²) in [7, 11) is 0. The van der Waals surface area contributed by atoms with E-state index in [0.29, 0.717) is 18.5 Å². The molecule has 0 spiro atoms. The molecule has 1 fully saturated rings. The maximum atomic E-state index is 4.78. The zero-order valence-electron chi connectivity index (χ0n) is 17.4. The van der Waals surface area contributed by atoms with E-state index in [0.717, 1.165) is 43.7 Å². The van der Waals surface area contributed by atoms with E-state index >= 15 is 0 Å². The van der Waals surface area contributed by atoms with E-state index in [1.807, 2.05) is 0 Å². The second-order valence-corrected chi connectivity index (χ2v) is 8.13. The predicted molar refractivity (Wildman–Crippen MR) is 110 cm³/mol. The molecule has 0 aromatic carbocycles. The van der Waals surface area contributed by atoms with Crippen LogP contribution in [0.5, 0.6) is 0 Å². The van der Waals surface area contributed by atoms with Crippen molar-refractivity contribution in [1.29, 1.82) is 0 Å². The Labute approximate surface area is 164 Å². The quantitative estimate of drug-likeness (QED) is 0.565. The molecule has 2 N–H and O–H groups in total. The van der Waals surface area contributed by atoms with E-state index in [9.17, 15) is 0 Å². The minimum atomic E-state index is 0.546. The third kappa shape index (κ3) is 5.43. The lowest BCUT2D eigenvalue weighted by Crippen LogP contribution is -2.49. The summed E-state index contributed by atoms with van der Waals surface area (Å²) in [5.41, 5.74) is 0. The SMILES string of the molecule is CCNC(=NCc1nnc2n1CCC2)NCC(C(C)C)N1CCCCCC1. The zero-order chi connectivity index (χ0) is 19.1. The van der Waals surface area contributed by atoms with E-state index < -0.39 is 0 Å². The Bertz CT molecular complexity index is 599. The first kappa shape index (κ1) is 20.1. The lowest BCUT2D eigenvalue weighted by Gasteiger charge is -2.34. The Kier molecular flexibility index (Phi) is 7.50. The molecule has 1 unspecified atom stereocenters. The van der Waals surface area contributed by atoms with Crippen molar-refractivity contribution >= 4 is 5.96 Å². The fraction of sp³-hybridized carbons (Fsp3) is 0.850. The maximum Gasteiger partial charge on any atom is 0.191 e. The maximum absolute atomic E-state index is 4.78. The van der Waals surface area contributed by atoms with Crippen LogP contribution in [0.25, 0.3) is 0 Å². The third-order valence-corrected chi connectivity index (χ3v) is 5.77. The standard InChI is InChI=1S/C20H37N7/c1-4-21-20(23-15-19-25-24-18-10-9-13-27(18)19)22-14-17(16(2)3)26-11-7-5-6-8-12-26/h16-17H,4-15H2,1-3H3,(H2,21,22,23). The molecule has 3 heterocycles. The van der Waals surface area contributed by atoms with Gasteiger partial charge in [0, 0.05) is 32.1 Å². The van der Waals surface area contributed by atoms with Gasteiger partial charge >= 0.3 is 0 Å². The van der Waals surface area contributed by atoms with Crippen LogP contribution < -0.4 is 10.6 Å². The van der Waals surface area contributed by atoms with Gasteiger partial charge in [0.1, 0.15) is 12.4 Å². The van der Waals surface area contributed by atoms with E-state index in [4.69, 9.17) is 4.99 Å². The fourth-order valence-corrected chi connectivity index (χ4v) is 4.23. The van der Waals surface area contributed by atoms with E-state index in [1.54, 1.807) is 0 Å². The van der Waals surface area contributed by atoms with Crippen LogP contribution in [0.3, 0.4) is 0 Å². The normalized spacial score (nSPS) is 19.8. The van der Waals surface area contributed by atoms with Crippen LogP contribution in [0.15, 0.2) is 4.99 Å². The van der Waals surface area contributed by atoms with Crippen LogP contribution in [-0.2, 0) is 19.5 Å². The molecule has 0 bridgehead atoms. The number of likely N-dealkylation sites (tertiary alicyclic amines) is 1. The Morgan fingerprint density at radius 2 is 1.81 bits per heavy atom. The molecule has 3 rings (SSSR count). The molecule has 0 aliphatic carbocycles. The predicted octanol–water partition coefficient (Wildman–Crippen LogP) is 2.18. The molecule has 0 radical (unpaired) electrons. The highest BCUT2D eigenvalue weighted by Crippen LogP contribution is 2.17. The Morgan fingerprint density at radius 3 is 2.52 bits per heavy atom. The Balaban J connectivity index is 1.60. The molecule has 1 atom stereocenters. The molecule has 7 nitrogen and oxygen atoms in total. The van der Waals surface area contributed by atoms with Crippen molar-refractivity contribution in [2.24, 2.45) is 10.9 Å². The molecule has 2 aliphatic rings. The number of hydrogen-bond donors (Lipinski definition) is 2. The molecule has 1 saturated heterocycles. The van der Waals surface area contributed by atoms with Gasteiger partial charge in [-0.3, -0.25) is 4.90 Å². The van der Waals surface area contributed by atoms with Crippen molar-refractivity contribution in [2.75, 3.05) is 26.2 Å². The fourth-order valence-electron chi connectivity index (χ4n) is 4.23. The second kappa shape index (κ2) is 10.1. The highest BCUT2D eigenvalue weighted by Gasteiger charge is 2.23. The lowest BCUT2D eigenvalue weighted by atomic mass is 10.0. The molecule has 7 heteroatoms. The third-order valence-electron chi connectivity index (χ3n) is 5.77. The molecular formula is C20H37N7. The number of fused-ring (bicyclic) bond motifs is 1. The van der Waals surface area contributed by atoms with Crippen molar-refractivity contribution in [3.8, 4) is 0 Å². The average Bonchev–Trinajstić information content (AvgIpc) is 3.16. The largest absolute Gasteiger partial charge is 0.357 e. The van der Waals surface area contributed by atoms with Crippen LogP contribution in [0.4, 0.5) is 0 Å². The molecule has 2 aliphatic heterocycles. The van der Waals surface area contributed by atoms with Crippen LogP contribution in [0.1, 0.15) is 64.5 Å². The summed E-state index contributed by atoms with van der Waals surface area (Å²) in [6.07, 6.45) is 7.63. The van der Waals surface area contributed by atoms with Crippen LogP contribution in [0.2, 0.25) is 0 Å².